The van der Waals surface area contributed by atoms with Gasteiger partial charge < -0.3 is 4.74 Å². The van der Waals surface area contributed by atoms with Crippen molar-refractivity contribution in [2.75, 3.05) is 5.32 Å². The summed E-state index contributed by atoms with van der Waals surface area (Å²) in [6.07, 6.45) is 1.69. The predicted octanol–water partition coefficient (Wildman–Crippen LogP) is 3.89. The van der Waals surface area contributed by atoms with E-state index in [1.54, 1.807) is 29.9 Å². The van der Waals surface area contributed by atoms with Crippen LogP contribution in [0.2, 0.25) is 0 Å². The van der Waals surface area contributed by atoms with Gasteiger partial charge in [0.05, 0.1) is 16.8 Å². The fourth-order valence-corrected chi connectivity index (χ4v) is 3.53. The number of thiazole rings is 1. The number of ether oxygens (including phenoxy) is 1. The normalized spacial score (nSPS) is 10.5. The largest absolute Gasteiger partial charge is 0.486 e. The Labute approximate surface area is 162 Å². The van der Waals surface area contributed by atoms with E-state index in [2.05, 4.69) is 25.5 Å². The van der Waals surface area contributed by atoms with Gasteiger partial charge in [-0.05, 0) is 24.3 Å². The Bertz CT molecular complexity index is 1030. The second-order valence-electron chi connectivity index (χ2n) is 5.35. The number of benzene rings is 1. The molecule has 0 radical (unpaired) electrons. The molecule has 3 aromatic heterocycles. The number of hydrogen-bond donors (Lipinski definition) is 1. The Balaban J connectivity index is 1.48. The Morgan fingerprint density at radius 3 is 2.78 bits per heavy atom. The summed E-state index contributed by atoms with van der Waals surface area (Å²) in [5.74, 6) is 0.171. The Hall–Kier alpha value is -3.17. The summed E-state index contributed by atoms with van der Waals surface area (Å²) < 4.78 is 5.76. The molecule has 0 atom stereocenters. The van der Waals surface area contributed by atoms with Crippen LogP contribution in [0.1, 0.15) is 16.1 Å². The lowest BCUT2D eigenvalue weighted by Crippen LogP contribution is -2.13. The summed E-state index contributed by atoms with van der Waals surface area (Å²) in [6, 6.07) is 12.6. The standard InChI is InChI=1S/C18H13N5O2S2/c24-16(21-18-23-22-17(27-18)14-6-3-4-8-19-14)13-5-1-2-7-15(13)25-9-12-10-26-11-20-12/h1-8,10-11H,9H2,(H,21,23,24). The molecule has 4 aromatic rings. The van der Waals surface area contributed by atoms with Crippen molar-refractivity contribution in [3.05, 3.63) is 70.8 Å². The van der Waals surface area contributed by atoms with E-state index in [0.29, 0.717) is 33.8 Å². The maximum Gasteiger partial charge on any atom is 0.261 e. The van der Waals surface area contributed by atoms with E-state index in [0.717, 1.165) is 5.69 Å². The Kier molecular flexibility index (Phi) is 5.13. The molecule has 27 heavy (non-hydrogen) atoms. The van der Waals surface area contributed by atoms with Crippen molar-refractivity contribution >= 4 is 33.7 Å². The topological polar surface area (TPSA) is 89.9 Å². The first kappa shape index (κ1) is 17.3. The van der Waals surface area contributed by atoms with Crippen molar-refractivity contribution < 1.29 is 9.53 Å². The number of hydrogen-bond acceptors (Lipinski definition) is 8. The van der Waals surface area contributed by atoms with Crippen LogP contribution >= 0.6 is 22.7 Å². The van der Waals surface area contributed by atoms with Crippen molar-refractivity contribution in [2.45, 2.75) is 6.61 Å². The molecule has 0 aliphatic heterocycles. The summed E-state index contributed by atoms with van der Waals surface area (Å²) in [5, 5.41) is 13.8. The van der Waals surface area contributed by atoms with E-state index in [9.17, 15) is 4.79 Å². The lowest BCUT2D eigenvalue weighted by Gasteiger charge is -2.09. The van der Waals surface area contributed by atoms with Crippen LogP contribution < -0.4 is 10.1 Å². The number of carbonyl (C=O) groups excluding carboxylic acids is 1. The first-order chi connectivity index (χ1) is 13.3. The average Bonchev–Trinajstić information content (AvgIpc) is 3.39. The Morgan fingerprint density at radius 1 is 1.07 bits per heavy atom. The average molecular weight is 395 g/mol. The second-order valence-corrected chi connectivity index (χ2v) is 7.04. The number of nitrogens with one attached hydrogen (secondary N) is 1. The van der Waals surface area contributed by atoms with Crippen LogP contribution in [0.3, 0.4) is 0 Å². The van der Waals surface area contributed by atoms with Gasteiger partial charge in [0.1, 0.15) is 18.1 Å². The fourth-order valence-electron chi connectivity index (χ4n) is 2.27. The molecule has 0 aliphatic carbocycles. The Morgan fingerprint density at radius 2 is 1.96 bits per heavy atom. The molecule has 134 valence electrons. The zero-order chi connectivity index (χ0) is 18.5. The highest BCUT2D eigenvalue weighted by atomic mass is 32.1. The maximum absolute atomic E-state index is 12.7. The van der Waals surface area contributed by atoms with E-state index in [-0.39, 0.29) is 5.91 Å². The molecule has 0 fully saturated rings. The molecule has 4 rings (SSSR count). The maximum atomic E-state index is 12.7. The zero-order valence-corrected chi connectivity index (χ0v) is 15.5. The van der Waals surface area contributed by atoms with Gasteiger partial charge in [0.15, 0.2) is 5.01 Å². The zero-order valence-electron chi connectivity index (χ0n) is 13.9. The molecule has 1 amide bonds. The second kappa shape index (κ2) is 8.02. The van der Waals surface area contributed by atoms with Gasteiger partial charge in [0.25, 0.3) is 5.91 Å². The number of carbonyl (C=O) groups is 1. The van der Waals surface area contributed by atoms with Gasteiger partial charge in [-0.25, -0.2) is 4.98 Å². The lowest BCUT2D eigenvalue weighted by molar-refractivity contribution is 0.102. The third kappa shape index (κ3) is 4.15. The summed E-state index contributed by atoms with van der Waals surface area (Å²) in [7, 11) is 0. The van der Waals surface area contributed by atoms with Crippen LogP contribution in [0.5, 0.6) is 5.75 Å². The van der Waals surface area contributed by atoms with Gasteiger partial charge in [0.2, 0.25) is 5.13 Å². The molecule has 0 unspecified atom stereocenters. The van der Waals surface area contributed by atoms with Crippen LogP contribution in [0.25, 0.3) is 10.7 Å². The van der Waals surface area contributed by atoms with Crippen LogP contribution in [-0.2, 0) is 6.61 Å². The first-order valence-electron chi connectivity index (χ1n) is 7.95. The van der Waals surface area contributed by atoms with Gasteiger partial charge in [0, 0.05) is 11.6 Å². The third-order valence-electron chi connectivity index (χ3n) is 3.52. The van der Waals surface area contributed by atoms with Crippen LogP contribution in [-0.4, -0.2) is 26.1 Å². The van der Waals surface area contributed by atoms with Crippen LogP contribution in [0.4, 0.5) is 5.13 Å². The van der Waals surface area contributed by atoms with Crippen molar-refractivity contribution in [3.63, 3.8) is 0 Å². The number of para-hydroxylation sites is 1. The van der Waals surface area contributed by atoms with Gasteiger partial charge in [-0.15, -0.1) is 21.5 Å². The summed E-state index contributed by atoms with van der Waals surface area (Å²) in [5.41, 5.74) is 3.69. The fraction of sp³-hybridized carbons (Fsp3) is 0.0556. The number of anilines is 1. The highest BCUT2D eigenvalue weighted by Crippen LogP contribution is 2.26. The smallest absolute Gasteiger partial charge is 0.261 e. The summed E-state index contributed by atoms with van der Waals surface area (Å²) in [4.78, 5) is 21.1. The minimum atomic E-state index is -0.312. The molecular formula is C18H13N5O2S2. The van der Waals surface area contributed by atoms with Gasteiger partial charge in [-0.3, -0.25) is 15.1 Å². The molecular weight excluding hydrogens is 382 g/mol. The van der Waals surface area contributed by atoms with Crippen LogP contribution in [0.15, 0.2) is 59.6 Å². The molecule has 7 nitrogen and oxygen atoms in total. The lowest BCUT2D eigenvalue weighted by atomic mass is 10.2. The summed E-state index contributed by atoms with van der Waals surface area (Å²) in [6.45, 7) is 0.302. The number of aromatic nitrogens is 4. The minimum absolute atomic E-state index is 0.302. The van der Waals surface area contributed by atoms with Crippen molar-refractivity contribution in [1.82, 2.24) is 20.2 Å². The number of amides is 1. The highest BCUT2D eigenvalue weighted by Gasteiger charge is 2.15. The van der Waals surface area contributed by atoms with E-state index in [1.165, 1.54) is 22.7 Å². The molecule has 0 saturated carbocycles. The molecule has 0 bridgehead atoms. The predicted molar refractivity (Wildman–Crippen MR) is 104 cm³/mol. The van der Waals surface area contributed by atoms with E-state index in [1.807, 2.05) is 29.6 Å². The van der Waals surface area contributed by atoms with Gasteiger partial charge in [-0.2, -0.15) is 0 Å². The van der Waals surface area contributed by atoms with Crippen molar-refractivity contribution in [2.24, 2.45) is 0 Å². The SMILES string of the molecule is O=C(Nc1nnc(-c2ccccn2)s1)c1ccccc1OCc1cscn1. The monoisotopic (exact) mass is 395 g/mol. The molecule has 0 saturated heterocycles. The van der Waals surface area contributed by atoms with Gasteiger partial charge in [-0.1, -0.05) is 29.5 Å². The number of rotatable bonds is 6. The van der Waals surface area contributed by atoms with Crippen molar-refractivity contribution in [1.29, 1.82) is 0 Å². The summed E-state index contributed by atoms with van der Waals surface area (Å²) >= 11 is 2.76. The first-order valence-corrected chi connectivity index (χ1v) is 9.70. The third-order valence-corrected chi connectivity index (χ3v) is 5.02. The van der Waals surface area contributed by atoms with Gasteiger partial charge >= 0.3 is 0 Å². The molecule has 9 heteroatoms. The molecule has 1 aromatic carbocycles. The number of nitrogens with zero attached hydrogens (tertiary/aromatic N) is 4. The van der Waals surface area contributed by atoms with E-state index >= 15 is 0 Å². The molecule has 0 spiro atoms. The molecule has 3 heterocycles. The minimum Gasteiger partial charge on any atom is -0.486 e. The van der Waals surface area contributed by atoms with Crippen molar-refractivity contribution in [3.8, 4) is 16.5 Å². The molecule has 0 aliphatic rings. The quantitative estimate of drug-likeness (QED) is 0.533. The van der Waals surface area contributed by atoms with E-state index in [4.69, 9.17) is 4.74 Å². The van der Waals surface area contributed by atoms with E-state index < -0.39 is 0 Å². The molecule has 1 N–H and O–H groups in total. The highest BCUT2D eigenvalue weighted by molar-refractivity contribution is 7.18. The van der Waals surface area contributed by atoms with Crippen LogP contribution in [0, 0.1) is 0 Å². The number of pyridine rings is 1.